The zero-order valence-electron chi connectivity index (χ0n) is 9.79. The van der Waals surface area contributed by atoms with Gasteiger partial charge in [0.15, 0.2) is 5.82 Å². The summed E-state index contributed by atoms with van der Waals surface area (Å²) in [7, 11) is 0. The summed E-state index contributed by atoms with van der Waals surface area (Å²) in [5.74, 6) is -0.528. The van der Waals surface area contributed by atoms with Crippen LogP contribution >= 0.6 is 0 Å². The predicted octanol–water partition coefficient (Wildman–Crippen LogP) is 2.53. The number of rotatable bonds is 4. The zero-order valence-corrected chi connectivity index (χ0v) is 9.79. The van der Waals surface area contributed by atoms with Crippen molar-refractivity contribution in [3.8, 4) is 0 Å². The van der Waals surface area contributed by atoms with Crippen molar-refractivity contribution in [3.05, 3.63) is 24.3 Å². The van der Waals surface area contributed by atoms with E-state index in [0.717, 1.165) is 25.5 Å². The average molecular weight is 237 g/mol. The fraction of sp³-hybridized carbons (Fsp3) is 0.500. The van der Waals surface area contributed by atoms with Crippen LogP contribution in [0, 0.1) is 11.2 Å². The topological polar surface area (TPSA) is 54.0 Å². The molecule has 2 rings (SSSR count). The third-order valence-electron chi connectivity index (χ3n) is 3.35. The second kappa shape index (κ2) is 4.69. The van der Waals surface area contributed by atoms with Gasteiger partial charge in [-0.15, -0.1) is 0 Å². The number of nitrogens with one attached hydrogen (secondary N) is 2. The van der Waals surface area contributed by atoms with Crippen molar-refractivity contribution in [2.45, 2.75) is 26.2 Å². The Morgan fingerprint density at radius 2 is 2.35 bits per heavy atom. The number of hydrogen-bond acceptors (Lipinski definition) is 2. The third kappa shape index (κ3) is 2.93. The van der Waals surface area contributed by atoms with Crippen molar-refractivity contribution in [3.63, 3.8) is 0 Å². The van der Waals surface area contributed by atoms with Gasteiger partial charge in [0.25, 0.3) is 0 Å². The monoisotopic (exact) mass is 237 g/mol. The van der Waals surface area contributed by atoms with Crippen LogP contribution in [0.3, 0.4) is 0 Å². The number of pyridine rings is 1. The highest BCUT2D eigenvalue weighted by Gasteiger charge is 2.40. The Labute approximate surface area is 99.6 Å². The molecule has 92 valence electrons. The van der Waals surface area contributed by atoms with Gasteiger partial charge in [0.2, 0.25) is 0 Å². The Hall–Kier alpha value is -1.65. The molecule has 1 aromatic heterocycles. The molecule has 0 unspecified atom stereocenters. The first-order valence-corrected chi connectivity index (χ1v) is 5.80. The minimum Gasteiger partial charge on any atom is -0.337 e. The van der Waals surface area contributed by atoms with Crippen molar-refractivity contribution in [1.29, 1.82) is 0 Å². The van der Waals surface area contributed by atoms with Crippen molar-refractivity contribution < 1.29 is 9.18 Å². The lowest BCUT2D eigenvalue weighted by molar-refractivity contribution is 0.249. The summed E-state index contributed by atoms with van der Waals surface area (Å²) in [6, 6.07) is 1.07. The smallest absolute Gasteiger partial charge is 0.319 e. The molecule has 0 spiro atoms. The van der Waals surface area contributed by atoms with E-state index < -0.39 is 5.82 Å². The molecule has 1 heterocycles. The Morgan fingerprint density at radius 1 is 1.59 bits per heavy atom. The van der Waals surface area contributed by atoms with E-state index in [1.54, 1.807) is 0 Å². The van der Waals surface area contributed by atoms with E-state index in [1.807, 2.05) is 0 Å². The molecule has 2 N–H and O–H groups in total. The van der Waals surface area contributed by atoms with Gasteiger partial charge in [-0.3, -0.25) is 4.98 Å². The summed E-state index contributed by atoms with van der Waals surface area (Å²) in [4.78, 5) is 15.2. The van der Waals surface area contributed by atoms with Gasteiger partial charge >= 0.3 is 6.03 Å². The van der Waals surface area contributed by atoms with Gasteiger partial charge in [-0.25, -0.2) is 9.18 Å². The highest BCUT2D eigenvalue weighted by Crippen LogP contribution is 2.47. The van der Waals surface area contributed by atoms with Crippen LogP contribution in [0.2, 0.25) is 0 Å². The van der Waals surface area contributed by atoms with E-state index in [4.69, 9.17) is 0 Å². The number of urea groups is 1. The average Bonchev–Trinajstić information content (AvgIpc) is 3.10. The Morgan fingerprint density at radius 3 is 2.94 bits per heavy atom. The molecular weight excluding hydrogens is 221 g/mol. The number of hydrogen-bond donors (Lipinski definition) is 2. The minimum absolute atomic E-state index is 0.152. The van der Waals surface area contributed by atoms with E-state index in [2.05, 4.69) is 22.5 Å². The molecule has 1 fully saturated rings. The van der Waals surface area contributed by atoms with E-state index in [-0.39, 0.29) is 17.1 Å². The van der Waals surface area contributed by atoms with Crippen LogP contribution in [-0.4, -0.2) is 17.6 Å². The lowest BCUT2D eigenvalue weighted by Gasteiger charge is -2.14. The molecule has 0 bridgehead atoms. The molecule has 1 aliphatic carbocycles. The molecule has 0 aromatic carbocycles. The predicted molar refractivity (Wildman–Crippen MR) is 63.2 cm³/mol. The fourth-order valence-corrected chi connectivity index (χ4v) is 1.74. The SMILES string of the molecule is CCC1(CNC(=O)Nc2ccncc2F)CC1. The van der Waals surface area contributed by atoms with Gasteiger partial charge in [-0.05, 0) is 30.7 Å². The van der Waals surface area contributed by atoms with Gasteiger partial charge in [-0.2, -0.15) is 0 Å². The highest BCUT2D eigenvalue weighted by atomic mass is 19.1. The lowest BCUT2D eigenvalue weighted by atomic mass is 10.0. The maximum absolute atomic E-state index is 13.2. The Bertz CT molecular complexity index is 418. The maximum Gasteiger partial charge on any atom is 0.319 e. The number of aromatic nitrogens is 1. The lowest BCUT2D eigenvalue weighted by Crippen LogP contribution is -2.33. The summed E-state index contributed by atoms with van der Waals surface area (Å²) in [5.41, 5.74) is 0.438. The first-order chi connectivity index (χ1) is 8.15. The Kier molecular flexibility index (Phi) is 3.26. The van der Waals surface area contributed by atoms with Crippen LogP contribution in [0.25, 0.3) is 0 Å². The van der Waals surface area contributed by atoms with E-state index >= 15 is 0 Å². The molecule has 5 heteroatoms. The molecular formula is C12H16FN3O. The van der Waals surface area contributed by atoms with E-state index in [0.29, 0.717) is 6.54 Å². The summed E-state index contributed by atoms with van der Waals surface area (Å²) >= 11 is 0. The first kappa shape index (κ1) is 11.8. The molecule has 1 aromatic rings. The molecule has 1 aliphatic rings. The van der Waals surface area contributed by atoms with Crippen LogP contribution in [0.4, 0.5) is 14.9 Å². The zero-order chi connectivity index (χ0) is 12.3. The number of amides is 2. The van der Waals surface area contributed by atoms with Crippen molar-refractivity contribution >= 4 is 11.7 Å². The molecule has 0 radical (unpaired) electrons. The summed E-state index contributed by atoms with van der Waals surface area (Å²) in [6.45, 7) is 2.77. The van der Waals surface area contributed by atoms with E-state index in [1.165, 1.54) is 12.3 Å². The second-order valence-electron chi connectivity index (χ2n) is 4.52. The van der Waals surface area contributed by atoms with Crippen molar-refractivity contribution in [2.24, 2.45) is 5.41 Å². The number of anilines is 1. The van der Waals surface area contributed by atoms with Gasteiger partial charge in [0.1, 0.15) is 0 Å². The molecule has 1 saturated carbocycles. The maximum atomic E-state index is 13.2. The van der Waals surface area contributed by atoms with Crippen LogP contribution in [0.5, 0.6) is 0 Å². The van der Waals surface area contributed by atoms with Crippen LogP contribution < -0.4 is 10.6 Å². The number of carbonyl (C=O) groups excluding carboxylic acids is 1. The van der Waals surface area contributed by atoms with Gasteiger partial charge < -0.3 is 10.6 Å². The fourth-order valence-electron chi connectivity index (χ4n) is 1.74. The standard InChI is InChI=1S/C12H16FN3O/c1-2-12(4-5-12)8-15-11(17)16-10-3-6-14-7-9(10)13/h3,6-7H,2,4-5,8H2,1H3,(H2,14,15,16,17). The molecule has 0 saturated heterocycles. The van der Waals surface area contributed by atoms with Crippen molar-refractivity contribution in [1.82, 2.24) is 10.3 Å². The largest absolute Gasteiger partial charge is 0.337 e. The van der Waals surface area contributed by atoms with Gasteiger partial charge in [0.05, 0.1) is 11.9 Å². The summed E-state index contributed by atoms with van der Waals surface area (Å²) in [5, 5.41) is 5.24. The molecule has 0 aliphatic heterocycles. The number of carbonyl (C=O) groups is 1. The Balaban J connectivity index is 1.83. The molecule has 17 heavy (non-hydrogen) atoms. The quantitative estimate of drug-likeness (QED) is 0.845. The van der Waals surface area contributed by atoms with E-state index in [9.17, 15) is 9.18 Å². The van der Waals surface area contributed by atoms with Crippen LogP contribution in [-0.2, 0) is 0 Å². The van der Waals surface area contributed by atoms with Crippen LogP contribution in [0.1, 0.15) is 26.2 Å². The summed E-state index contributed by atoms with van der Waals surface area (Å²) in [6.07, 6.45) is 5.90. The van der Waals surface area contributed by atoms with Crippen LogP contribution in [0.15, 0.2) is 18.5 Å². The van der Waals surface area contributed by atoms with Gasteiger partial charge in [-0.1, -0.05) is 6.92 Å². The second-order valence-corrected chi connectivity index (χ2v) is 4.52. The minimum atomic E-state index is -0.528. The van der Waals surface area contributed by atoms with Gasteiger partial charge in [0, 0.05) is 12.7 Å². The number of nitrogens with zero attached hydrogens (tertiary/aromatic N) is 1. The first-order valence-electron chi connectivity index (χ1n) is 5.80. The normalized spacial score (nSPS) is 16.4. The third-order valence-corrected chi connectivity index (χ3v) is 3.35. The van der Waals surface area contributed by atoms with Crippen molar-refractivity contribution in [2.75, 3.05) is 11.9 Å². The molecule has 2 amide bonds. The molecule has 4 nitrogen and oxygen atoms in total. The highest BCUT2D eigenvalue weighted by molar-refractivity contribution is 5.89. The summed E-state index contributed by atoms with van der Waals surface area (Å²) < 4.78 is 13.2. The molecule has 0 atom stereocenters. The number of halogens is 1.